The molecule has 0 aromatic rings. The Morgan fingerprint density at radius 3 is 1.08 bits per heavy atom. The molecule has 0 aromatic heterocycles. The van der Waals surface area contributed by atoms with Crippen molar-refractivity contribution in [1.29, 1.82) is 0 Å². The Morgan fingerprint density at radius 2 is 0.811 bits per heavy atom. The van der Waals surface area contributed by atoms with Crippen molar-refractivity contribution in [2.24, 2.45) is 0 Å². The highest BCUT2D eigenvalue weighted by molar-refractivity contribution is 6.60. The topological polar surface area (TPSA) is 27.7 Å². The molecule has 0 saturated carbocycles. The van der Waals surface area contributed by atoms with E-state index in [0.29, 0.717) is 5.88 Å². The Bertz CT molecular complexity index is 419. The minimum atomic E-state index is -2.32. The first-order chi connectivity index (χ1) is 17.4. The first kappa shape index (κ1) is 42.1. The SMILES string of the molecule is CCCCCCCCCCCCC[N+](C)(C)CCCCCCCCC.CO[Si](CCCCl)(OC)OC.[Cl-]. The molecule has 0 fully saturated rings. The first-order valence-electron chi connectivity index (χ1n) is 15.4. The molecule has 0 atom stereocenters. The van der Waals surface area contributed by atoms with Gasteiger partial charge in [0.15, 0.2) is 0 Å². The Labute approximate surface area is 246 Å². The summed E-state index contributed by atoms with van der Waals surface area (Å²) in [6, 6.07) is 0.778. The van der Waals surface area contributed by atoms with Crippen LogP contribution in [0.25, 0.3) is 0 Å². The van der Waals surface area contributed by atoms with Crippen LogP contribution in [0.1, 0.15) is 136 Å². The van der Waals surface area contributed by atoms with Crippen molar-refractivity contribution in [3.63, 3.8) is 0 Å². The third-order valence-electron chi connectivity index (χ3n) is 7.28. The number of alkyl halides is 1. The molecule has 228 valence electrons. The van der Waals surface area contributed by atoms with Crippen molar-refractivity contribution < 1.29 is 30.2 Å². The number of halogens is 2. The van der Waals surface area contributed by atoms with Crippen molar-refractivity contribution in [2.45, 2.75) is 142 Å². The molecule has 0 saturated heterocycles. The number of rotatable bonds is 26. The largest absolute Gasteiger partial charge is 1.00 e. The highest BCUT2D eigenvalue weighted by Crippen LogP contribution is 2.15. The van der Waals surface area contributed by atoms with Crippen LogP contribution < -0.4 is 12.4 Å². The number of quaternary nitrogens is 1. The molecular weight excluding hydrogens is 521 g/mol. The molecule has 0 aliphatic carbocycles. The summed E-state index contributed by atoms with van der Waals surface area (Å²) in [5.41, 5.74) is 0. The van der Waals surface area contributed by atoms with Gasteiger partial charge in [-0.3, -0.25) is 0 Å². The van der Waals surface area contributed by atoms with Gasteiger partial charge in [0, 0.05) is 33.3 Å². The molecule has 7 heteroatoms. The van der Waals surface area contributed by atoms with E-state index >= 15 is 0 Å². The van der Waals surface area contributed by atoms with Gasteiger partial charge in [0.05, 0.1) is 27.2 Å². The van der Waals surface area contributed by atoms with Crippen molar-refractivity contribution in [3.8, 4) is 0 Å². The molecular formula is C30H67Cl2NO3Si. The highest BCUT2D eigenvalue weighted by Gasteiger charge is 2.36. The van der Waals surface area contributed by atoms with E-state index in [1.807, 2.05) is 0 Å². The van der Waals surface area contributed by atoms with Crippen LogP contribution in [0, 0.1) is 0 Å². The first-order valence-corrected chi connectivity index (χ1v) is 17.9. The Kier molecular flexibility index (Phi) is 35.5. The monoisotopic (exact) mass is 587 g/mol. The standard InChI is InChI=1S/C24H52N.C6H15ClO3Si.ClH/c1-5-7-9-11-13-14-15-16-18-20-22-24-25(3,4)23-21-19-17-12-10-8-6-2;1-8-11(9-2,10-3)6-4-5-7;/h5-24H2,1-4H3;4-6H2,1-3H3;1H/q+1;;/p-1. The van der Waals surface area contributed by atoms with E-state index in [4.69, 9.17) is 24.9 Å². The second-order valence-electron chi connectivity index (χ2n) is 11.1. The van der Waals surface area contributed by atoms with E-state index in [0.717, 1.165) is 12.5 Å². The third-order valence-corrected chi connectivity index (χ3v) is 10.4. The van der Waals surface area contributed by atoms with Crippen LogP contribution in [-0.2, 0) is 13.3 Å². The second kappa shape index (κ2) is 31.2. The van der Waals surface area contributed by atoms with Gasteiger partial charge in [0.2, 0.25) is 0 Å². The maximum absolute atomic E-state index is 5.53. The predicted molar refractivity (Wildman–Crippen MR) is 163 cm³/mol. The van der Waals surface area contributed by atoms with Crippen LogP contribution in [-0.4, -0.2) is 67.7 Å². The average molecular weight is 589 g/mol. The fourth-order valence-corrected chi connectivity index (χ4v) is 6.73. The van der Waals surface area contributed by atoms with Gasteiger partial charge in [-0.2, -0.15) is 0 Å². The maximum atomic E-state index is 5.53. The highest BCUT2D eigenvalue weighted by atomic mass is 35.5. The summed E-state index contributed by atoms with van der Waals surface area (Å²) in [5.74, 6) is 0.616. The van der Waals surface area contributed by atoms with Crippen molar-refractivity contribution in [1.82, 2.24) is 0 Å². The number of unbranched alkanes of at least 4 members (excludes halogenated alkanes) is 16. The number of nitrogens with zero attached hydrogens (tertiary/aromatic N) is 1. The molecule has 37 heavy (non-hydrogen) atoms. The Hall–Kier alpha value is 0.637. The van der Waals surface area contributed by atoms with Crippen LogP contribution in [0.2, 0.25) is 6.04 Å². The Balaban J connectivity index is -0.000000811. The zero-order valence-corrected chi connectivity index (χ0v) is 28.7. The average Bonchev–Trinajstić information content (AvgIpc) is 2.88. The van der Waals surface area contributed by atoms with E-state index in [9.17, 15) is 0 Å². The molecule has 0 radical (unpaired) electrons. The minimum Gasteiger partial charge on any atom is -1.00 e. The zero-order chi connectivity index (χ0) is 27.4. The van der Waals surface area contributed by atoms with Crippen molar-refractivity contribution in [2.75, 3.05) is 54.4 Å². The lowest BCUT2D eigenvalue weighted by Gasteiger charge is -2.30. The molecule has 0 bridgehead atoms. The molecule has 0 N–H and O–H groups in total. The smallest absolute Gasteiger partial charge is 0.500 e. The quantitative estimate of drug-likeness (QED) is 0.0492. The van der Waals surface area contributed by atoms with Crippen LogP contribution in [0.4, 0.5) is 0 Å². The second-order valence-corrected chi connectivity index (χ2v) is 14.6. The lowest BCUT2D eigenvalue weighted by molar-refractivity contribution is -0.890. The molecule has 0 spiro atoms. The minimum absolute atomic E-state index is 0. The van der Waals surface area contributed by atoms with Crippen LogP contribution in [0.5, 0.6) is 0 Å². The lowest BCUT2D eigenvalue weighted by Crippen LogP contribution is -3.00. The van der Waals surface area contributed by atoms with E-state index in [2.05, 4.69) is 27.9 Å². The van der Waals surface area contributed by atoms with Gasteiger partial charge in [0.25, 0.3) is 0 Å². The summed E-state index contributed by atoms with van der Waals surface area (Å²) < 4.78 is 16.8. The molecule has 0 aromatic carbocycles. The predicted octanol–water partition coefficient (Wildman–Crippen LogP) is 6.62. The van der Waals surface area contributed by atoms with Gasteiger partial charge >= 0.3 is 8.80 Å². The molecule has 0 amide bonds. The van der Waals surface area contributed by atoms with Gasteiger partial charge < -0.3 is 30.2 Å². The van der Waals surface area contributed by atoms with Gasteiger partial charge in [-0.25, -0.2) is 0 Å². The van der Waals surface area contributed by atoms with E-state index in [1.165, 1.54) is 133 Å². The maximum Gasteiger partial charge on any atom is 0.500 e. The van der Waals surface area contributed by atoms with Gasteiger partial charge in [0.1, 0.15) is 0 Å². The van der Waals surface area contributed by atoms with E-state index in [1.54, 1.807) is 21.3 Å². The summed E-state index contributed by atoms with van der Waals surface area (Å²) in [6.07, 6.45) is 26.9. The van der Waals surface area contributed by atoms with Crippen LogP contribution in [0.3, 0.4) is 0 Å². The normalized spacial score (nSPS) is 11.7. The molecule has 0 heterocycles. The van der Waals surface area contributed by atoms with E-state index < -0.39 is 8.80 Å². The van der Waals surface area contributed by atoms with Gasteiger partial charge in [-0.1, -0.05) is 104 Å². The van der Waals surface area contributed by atoms with Gasteiger partial charge in [-0.05, 0) is 32.1 Å². The Morgan fingerprint density at radius 1 is 0.514 bits per heavy atom. The summed E-state index contributed by atoms with van der Waals surface area (Å²) >= 11 is 5.53. The zero-order valence-electron chi connectivity index (χ0n) is 26.2. The lowest BCUT2D eigenvalue weighted by atomic mass is 10.1. The summed E-state index contributed by atoms with van der Waals surface area (Å²) in [7, 11) is 7.37. The molecule has 0 rings (SSSR count). The van der Waals surface area contributed by atoms with Gasteiger partial charge in [-0.15, -0.1) is 11.6 Å². The molecule has 0 unspecified atom stereocenters. The number of hydrogen-bond donors (Lipinski definition) is 0. The summed E-state index contributed by atoms with van der Waals surface area (Å²) in [4.78, 5) is 0. The van der Waals surface area contributed by atoms with Crippen molar-refractivity contribution >= 4 is 20.4 Å². The molecule has 0 aliphatic rings. The van der Waals surface area contributed by atoms with Crippen LogP contribution >= 0.6 is 11.6 Å². The fourth-order valence-electron chi connectivity index (χ4n) is 4.65. The summed E-state index contributed by atoms with van der Waals surface area (Å²) in [6.45, 7) is 7.36. The number of hydrogen-bond acceptors (Lipinski definition) is 3. The molecule has 4 nitrogen and oxygen atoms in total. The van der Waals surface area contributed by atoms with Crippen molar-refractivity contribution in [3.05, 3.63) is 0 Å². The molecule has 0 aliphatic heterocycles. The summed E-state index contributed by atoms with van der Waals surface area (Å²) in [5, 5.41) is 0. The van der Waals surface area contributed by atoms with E-state index in [-0.39, 0.29) is 12.4 Å². The van der Waals surface area contributed by atoms with Crippen LogP contribution in [0.15, 0.2) is 0 Å². The fraction of sp³-hybridized carbons (Fsp3) is 1.00. The third kappa shape index (κ3) is 29.4.